The summed E-state index contributed by atoms with van der Waals surface area (Å²) < 4.78 is 0. The Morgan fingerprint density at radius 2 is 1.95 bits per heavy atom. The second-order valence-corrected chi connectivity index (χ2v) is 4.70. The van der Waals surface area contributed by atoms with Gasteiger partial charge in [-0.3, -0.25) is 10.3 Å². The molecule has 4 heteroatoms. The molecule has 0 spiro atoms. The second kappa shape index (κ2) is 5.28. The molecule has 2 N–H and O–H groups in total. The van der Waals surface area contributed by atoms with Crippen molar-refractivity contribution in [2.45, 2.75) is 19.3 Å². The molecule has 0 fully saturated rings. The van der Waals surface area contributed by atoms with E-state index in [1.807, 2.05) is 12.1 Å². The molecule has 1 heterocycles. The van der Waals surface area contributed by atoms with E-state index in [4.69, 9.17) is 4.84 Å². The van der Waals surface area contributed by atoms with Crippen LogP contribution in [0.25, 0.3) is 0 Å². The van der Waals surface area contributed by atoms with Gasteiger partial charge in [0.15, 0.2) is 0 Å². The number of anilines is 3. The number of nitrogens with one attached hydrogen (secondary N) is 2. The maximum absolute atomic E-state index is 4.89. The molecule has 0 radical (unpaired) electrons. The lowest BCUT2D eigenvalue weighted by atomic mass is 10.1. The zero-order chi connectivity index (χ0) is 13.1. The molecular weight excluding hydrogens is 238 g/mol. The van der Waals surface area contributed by atoms with Crippen molar-refractivity contribution in [3.05, 3.63) is 47.7 Å². The van der Waals surface area contributed by atoms with Crippen LogP contribution in [0.2, 0.25) is 0 Å². The fraction of sp³-hybridized carbons (Fsp3) is 0.267. The SMILES string of the molecule is CONc1ccnc(Nc2ccc3c(c2)CCC3)c1. The number of hydrogen-bond donors (Lipinski definition) is 2. The second-order valence-electron chi connectivity index (χ2n) is 4.70. The van der Waals surface area contributed by atoms with Crippen molar-refractivity contribution in [1.82, 2.24) is 4.98 Å². The zero-order valence-electron chi connectivity index (χ0n) is 10.9. The molecule has 1 aliphatic rings. The highest BCUT2D eigenvalue weighted by Crippen LogP contribution is 2.26. The Hall–Kier alpha value is -2.07. The monoisotopic (exact) mass is 255 g/mol. The lowest BCUT2D eigenvalue weighted by Crippen LogP contribution is -1.99. The molecule has 3 rings (SSSR count). The number of fused-ring (bicyclic) bond motifs is 1. The molecule has 0 unspecified atom stereocenters. The van der Waals surface area contributed by atoms with E-state index < -0.39 is 0 Å². The van der Waals surface area contributed by atoms with Crippen LogP contribution in [-0.4, -0.2) is 12.1 Å². The molecule has 19 heavy (non-hydrogen) atoms. The molecule has 0 saturated heterocycles. The number of aryl methyl sites for hydroxylation is 2. The summed E-state index contributed by atoms with van der Waals surface area (Å²) in [5.41, 5.74) is 7.69. The first-order valence-electron chi connectivity index (χ1n) is 6.49. The topological polar surface area (TPSA) is 46.2 Å². The highest BCUT2D eigenvalue weighted by molar-refractivity contribution is 5.61. The standard InChI is InChI=1S/C15H17N3O/c1-19-18-14-7-8-16-15(10-14)17-13-6-5-11-3-2-4-12(11)9-13/h5-10H,2-4H2,1H3,(H2,16,17,18). The molecule has 2 aromatic rings. The van der Waals surface area contributed by atoms with Gasteiger partial charge in [0.05, 0.1) is 12.8 Å². The summed E-state index contributed by atoms with van der Waals surface area (Å²) in [5.74, 6) is 0.806. The van der Waals surface area contributed by atoms with Crippen LogP contribution in [0.5, 0.6) is 0 Å². The van der Waals surface area contributed by atoms with E-state index in [9.17, 15) is 0 Å². The van der Waals surface area contributed by atoms with Gasteiger partial charge in [-0.15, -0.1) is 0 Å². The van der Waals surface area contributed by atoms with Crippen molar-refractivity contribution in [3.8, 4) is 0 Å². The average molecular weight is 255 g/mol. The molecule has 1 aliphatic carbocycles. The quantitative estimate of drug-likeness (QED) is 0.823. The largest absolute Gasteiger partial charge is 0.340 e. The summed E-state index contributed by atoms with van der Waals surface area (Å²) in [4.78, 5) is 9.19. The zero-order valence-corrected chi connectivity index (χ0v) is 10.9. The normalized spacial score (nSPS) is 13.1. The van der Waals surface area contributed by atoms with E-state index in [0.29, 0.717) is 0 Å². The maximum atomic E-state index is 4.89. The van der Waals surface area contributed by atoms with Gasteiger partial charge < -0.3 is 5.32 Å². The third kappa shape index (κ3) is 2.69. The van der Waals surface area contributed by atoms with E-state index in [0.717, 1.165) is 17.2 Å². The lowest BCUT2D eigenvalue weighted by molar-refractivity contribution is 0.271. The first kappa shape index (κ1) is 12.0. The van der Waals surface area contributed by atoms with Crippen molar-refractivity contribution < 1.29 is 4.84 Å². The summed E-state index contributed by atoms with van der Waals surface area (Å²) in [6, 6.07) is 10.3. The van der Waals surface area contributed by atoms with Gasteiger partial charge in [0.25, 0.3) is 0 Å². The number of nitrogens with zero attached hydrogens (tertiary/aromatic N) is 1. The van der Waals surface area contributed by atoms with Gasteiger partial charge in [-0.1, -0.05) is 6.07 Å². The van der Waals surface area contributed by atoms with E-state index in [1.165, 1.54) is 30.4 Å². The molecule has 0 bridgehead atoms. The molecule has 1 aromatic heterocycles. The number of benzene rings is 1. The van der Waals surface area contributed by atoms with Crippen LogP contribution in [0, 0.1) is 0 Å². The Morgan fingerprint density at radius 3 is 2.84 bits per heavy atom. The third-order valence-electron chi connectivity index (χ3n) is 3.35. The van der Waals surface area contributed by atoms with Gasteiger partial charge in [-0.05, 0) is 48.6 Å². The number of aromatic nitrogens is 1. The van der Waals surface area contributed by atoms with E-state index in [1.54, 1.807) is 13.3 Å². The van der Waals surface area contributed by atoms with Crippen molar-refractivity contribution in [2.75, 3.05) is 17.9 Å². The fourth-order valence-electron chi connectivity index (χ4n) is 2.48. The maximum Gasteiger partial charge on any atom is 0.132 e. The Bertz CT molecular complexity index is 583. The van der Waals surface area contributed by atoms with Gasteiger partial charge in [-0.2, -0.15) is 0 Å². The van der Waals surface area contributed by atoms with Crippen LogP contribution in [0.15, 0.2) is 36.5 Å². The van der Waals surface area contributed by atoms with Gasteiger partial charge in [0, 0.05) is 18.0 Å². The summed E-state index contributed by atoms with van der Waals surface area (Å²) in [5, 5.41) is 3.33. The summed E-state index contributed by atoms with van der Waals surface area (Å²) in [7, 11) is 1.59. The van der Waals surface area contributed by atoms with Crippen LogP contribution in [-0.2, 0) is 17.7 Å². The molecule has 0 amide bonds. The Labute approximate surface area is 112 Å². The Morgan fingerprint density at radius 1 is 1.05 bits per heavy atom. The molecule has 4 nitrogen and oxygen atoms in total. The van der Waals surface area contributed by atoms with Gasteiger partial charge in [0.2, 0.25) is 0 Å². The minimum absolute atomic E-state index is 0.806. The number of hydrogen-bond acceptors (Lipinski definition) is 4. The Balaban J connectivity index is 1.79. The molecular formula is C15H17N3O. The van der Waals surface area contributed by atoms with Gasteiger partial charge in [0.1, 0.15) is 5.82 Å². The van der Waals surface area contributed by atoms with Crippen LogP contribution in [0.4, 0.5) is 17.2 Å². The molecule has 1 aromatic carbocycles. The third-order valence-corrected chi connectivity index (χ3v) is 3.35. The highest BCUT2D eigenvalue weighted by Gasteiger charge is 2.10. The van der Waals surface area contributed by atoms with Gasteiger partial charge >= 0.3 is 0 Å². The fourth-order valence-corrected chi connectivity index (χ4v) is 2.48. The Kier molecular flexibility index (Phi) is 3.33. The smallest absolute Gasteiger partial charge is 0.132 e. The predicted molar refractivity (Wildman–Crippen MR) is 76.6 cm³/mol. The lowest BCUT2D eigenvalue weighted by Gasteiger charge is -2.09. The van der Waals surface area contributed by atoms with Crippen molar-refractivity contribution in [3.63, 3.8) is 0 Å². The molecule has 0 atom stereocenters. The molecule has 98 valence electrons. The molecule has 0 aliphatic heterocycles. The van der Waals surface area contributed by atoms with E-state index in [-0.39, 0.29) is 0 Å². The first-order valence-corrected chi connectivity index (χ1v) is 6.49. The number of rotatable bonds is 4. The summed E-state index contributed by atoms with van der Waals surface area (Å²) >= 11 is 0. The van der Waals surface area contributed by atoms with Crippen LogP contribution >= 0.6 is 0 Å². The summed E-state index contributed by atoms with van der Waals surface area (Å²) in [6.07, 6.45) is 5.41. The van der Waals surface area contributed by atoms with Crippen molar-refractivity contribution >= 4 is 17.2 Å². The number of pyridine rings is 1. The van der Waals surface area contributed by atoms with Gasteiger partial charge in [-0.25, -0.2) is 4.98 Å². The summed E-state index contributed by atoms with van der Waals surface area (Å²) in [6.45, 7) is 0. The average Bonchev–Trinajstić information content (AvgIpc) is 2.87. The van der Waals surface area contributed by atoms with Crippen LogP contribution in [0.1, 0.15) is 17.5 Å². The highest BCUT2D eigenvalue weighted by atomic mass is 16.6. The predicted octanol–water partition coefficient (Wildman–Crippen LogP) is 3.29. The van der Waals surface area contributed by atoms with Crippen molar-refractivity contribution in [1.29, 1.82) is 0 Å². The molecule has 0 saturated carbocycles. The minimum Gasteiger partial charge on any atom is -0.340 e. The van der Waals surface area contributed by atoms with Crippen LogP contribution < -0.4 is 10.8 Å². The first-order chi connectivity index (χ1) is 9.35. The van der Waals surface area contributed by atoms with Crippen molar-refractivity contribution in [2.24, 2.45) is 0 Å². The van der Waals surface area contributed by atoms with E-state index in [2.05, 4.69) is 34.0 Å². The van der Waals surface area contributed by atoms with E-state index >= 15 is 0 Å². The minimum atomic E-state index is 0.806. The van der Waals surface area contributed by atoms with Crippen LogP contribution in [0.3, 0.4) is 0 Å².